The van der Waals surface area contributed by atoms with Gasteiger partial charge in [-0.2, -0.15) is 0 Å². The Morgan fingerprint density at radius 3 is 2.79 bits per heavy atom. The first-order valence-corrected chi connectivity index (χ1v) is 9.59. The summed E-state index contributed by atoms with van der Waals surface area (Å²) in [6.45, 7) is 6.01. The van der Waals surface area contributed by atoms with Gasteiger partial charge in [-0.1, -0.05) is 0 Å². The van der Waals surface area contributed by atoms with E-state index in [4.69, 9.17) is 4.98 Å². The van der Waals surface area contributed by atoms with Crippen LogP contribution in [0.15, 0.2) is 59.7 Å². The van der Waals surface area contributed by atoms with Crippen molar-refractivity contribution in [1.29, 1.82) is 0 Å². The number of hydrogen-bond acceptors (Lipinski definition) is 5. The van der Waals surface area contributed by atoms with Crippen molar-refractivity contribution >= 4 is 22.2 Å². The lowest BCUT2D eigenvalue weighted by molar-refractivity contribution is 0.195. The zero-order valence-corrected chi connectivity index (χ0v) is 15.7. The van der Waals surface area contributed by atoms with Crippen LogP contribution in [0.5, 0.6) is 0 Å². The van der Waals surface area contributed by atoms with E-state index in [1.165, 1.54) is 0 Å². The Balaban J connectivity index is 1.30. The highest BCUT2D eigenvalue weighted by atomic mass is 16.1. The number of aromatic amines is 1. The van der Waals surface area contributed by atoms with Gasteiger partial charge in [0.15, 0.2) is 5.65 Å². The van der Waals surface area contributed by atoms with E-state index in [1.54, 1.807) is 16.8 Å². The molecule has 28 heavy (non-hydrogen) atoms. The Morgan fingerprint density at radius 1 is 1.07 bits per heavy atom. The highest BCUT2D eigenvalue weighted by Crippen LogP contribution is 2.24. The first-order valence-electron chi connectivity index (χ1n) is 9.59. The number of aromatic nitrogens is 4. The molecule has 1 atom stereocenters. The fourth-order valence-electron chi connectivity index (χ4n) is 3.94. The summed E-state index contributed by atoms with van der Waals surface area (Å²) in [5.74, 6) is 0. The van der Waals surface area contributed by atoms with Crippen LogP contribution in [0.3, 0.4) is 0 Å². The summed E-state index contributed by atoms with van der Waals surface area (Å²) in [6, 6.07) is 14.1. The van der Waals surface area contributed by atoms with Crippen molar-refractivity contribution in [3.05, 3.63) is 70.9 Å². The summed E-state index contributed by atoms with van der Waals surface area (Å²) in [6.07, 6.45) is 3.78. The van der Waals surface area contributed by atoms with E-state index in [0.29, 0.717) is 0 Å². The van der Waals surface area contributed by atoms with Crippen molar-refractivity contribution < 1.29 is 0 Å². The molecule has 7 heteroatoms. The molecule has 0 saturated carbocycles. The predicted molar refractivity (Wildman–Crippen MR) is 110 cm³/mol. The van der Waals surface area contributed by atoms with E-state index in [1.807, 2.05) is 24.4 Å². The third kappa shape index (κ3) is 3.03. The maximum atomic E-state index is 11.5. The average molecular weight is 374 g/mol. The van der Waals surface area contributed by atoms with E-state index >= 15 is 0 Å². The molecule has 1 N–H and O–H groups in total. The minimum atomic E-state index is -0.0758. The van der Waals surface area contributed by atoms with Crippen LogP contribution < -0.4 is 10.5 Å². The van der Waals surface area contributed by atoms with Gasteiger partial charge in [0.2, 0.25) is 0 Å². The van der Waals surface area contributed by atoms with Gasteiger partial charge >= 0.3 is 0 Å². The third-order valence-corrected chi connectivity index (χ3v) is 5.61. The Labute approximate surface area is 162 Å². The van der Waals surface area contributed by atoms with Crippen LogP contribution in [0.2, 0.25) is 0 Å². The fraction of sp³-hybridized carbons (Fsp3) is 0.286. The van der Waals surface area contributed by atoms with E-state index < -0.39 is 0 Å². The SMILES string of the molecule is C[C@@H](c1ccc2cccnc2n1)N1CCN(c2ccc3cc(=O)[nH]n3c2)CC1. The molecule has 4 aromatic heterocycles. The van der Waals surface area contributed by atoms with Gasteiger partial charge in [0, 0.05) is 49.9 Å². The number of pyridine rings is 3. The molecule has 4 aromatic rings. The summed E-state index contributed by atoms with van der Waals surface area (Å²) in [4.78, 5) is 25.5. The van der Waals surface area contributed by atoms with Crippen LogP contribution in [0.25, 0.3) is 16.6 Å². The van der Waals surface area contributed by atoms with Crippen molar-refractivity contribution in [1.82, 2.24) is 24.5 Å². The molecule has 1 aliphatic heterocycles. The van der Waals surface area contributed by atoms with Crippen molar-refractivity contribution in [2.24, 2.45) is 0 Å². The summed E-state index contributed by atoms with van der Waals surface area (Å²) < 4.78 is 1.79. The van der Waals surface area contributed by atoms with Crippen LogP contribution in [0.1, 0.15) is 18.7 Å². The molecule has 7 nitrogen and oxygen atoms in total. The monoisotopic (exact) mass is 374 g/mol. The van der Waals surface area contributed by atoms with Crippen LogP contribution in [-0.4, -0.2) is 50.7 Å². The minimum Gasteiger partial charge on any atom is -0.368 e. The lowest BCUT2D eigenvalue weighted by Crippen LogP contribution is -2.47. The first-order chi connectivity index (χ1) is 13.7. The molecule has 142 valence electrons. The zero-order chi connectivity index (χ0) is 19.1. The maximum Gasteiger partial charge on any atom is 0.264 e. The Kier molecular flexibility index (Phi) is 4.09. The molecule has 0 aromatic carbocycles. The molecular weight excluding hydrogens is 352 g/mol. The van der Waals surface area contributed by atoms with Gasteiger partial charge in [-0.05, 0) is 43.3 Å². The summed E-state index contributed by atoms with van der Waals surface area (Å²) >= 11 is 0. The van der Waals surface area contributed by atoms with Gasteiger partial charge in [-0.25, -0.2) is 9.97 Å². The van der Waals surface area contributed by atoms with E-state index in [0.717, 1.165) is 54.1 Å². The van der Waals surface area contributed by atoms with Gasteiger partial charge in [0.05, 0.1) is 23.1 Å². The number of anilines is 1. The quantitative estimate of drug-likeness (QED) is 0.597. The molecule has 0 amide bonds. The van der Waals surface area contributed by atoms with Crippen LogP contribution in [0.4, 0.5) is 5.69 Å². The van der Waals surface area contributed by atoms with Crippen molar-refractivity contribution in [3.8, 4) is 0 Å². The molecule has 1 fully saturated rings. The number of piperazine rings is 1. The molecular formula is C21H22N6O. The number of rotatable bonds is 3. The standard InChI is InChI=1S/C21H22N6O/c1-15(19-7-4-16-3-2-8-22-21(16)23-19)25-9-11-26(12-10-25)18-6-5-17-13-20(28)24-27(17)14-18/h2-8,13-15H,9-12H2,1H3,(H,24,28)/t15-/m0/s1. The first kappa shape index (κ1) is 16.9. The second-order valence-corrected chi connectivity index (χ2v) is 7.29. The molecule has 5 heterocycles. The molecule has 0 radical (unpaired) electrons. The molecule has 1 aliphatic rings. The number of hydrogen-bond donors (Lipinski definition) is 1. The largest absolute Gasteiger partial charge is 0.368 e. The maximum absolute atomic E-state index is 11.5. The zero-order valence-electron chi connectivity index (χ0n) is 15.7. The highest BCUT2D eigenvalue weighted by Gasteiger charge is 2.23. The average Bonchev–Trinajstić information content (AvgIpc) is 3.12. The normalized spacial score (nSPS) is 16.7. The molecule has 0 bridgehead atoms. The molecule has 5 rings (SSSR count). The molecule has 1 saturated heterocycles. The van der Waals surface area contributed by atoms with Gasteiger partial charge in [-0.3, -0.25) is 19.3 Å². The van der Waals surface area contributed by atoms with Crippen LogP contribution in [-0.2, 0) is 0 Å². The summed E-state index contributed by atoms with van der Waals surface area (Å²) in [5.41, 5.74) is 3.80. The molecule has 0 unspecified atom stereocenters. The predicted octanol–water partition coefficient (Wildman–Crippen LogP) is 2.45. The number of H-pyrrole nitrogens is 1. The van der Waals surface area contributed by atoms with Gasteiger partial charge < -0.3 is 4.90 Å². The minimum absolute atomic E-state index is 0.0758. The van der Waals surface area contributed by atoms with Crippen LogP contribution in [0, 0.1) is 0 Å². The van der Waals surface area contributed by atoms with Crippen LogP contribution >= 0.6 is 0 Å². The van der Waals surface area contributed by atoms with Gasteiger partial charge in [0.25, 0.3) is 5.56 Å². The second-order valence-electron chi connectivity index (χ2n) is 7.29. The van der Waals surface area contributed by atoms with Crippen molar-refractivity contribution in [2.75, 3.05) is 31.1 Å². The Hall–Kier alpha value is -3.19. The van der Waals surface area contributed by atoms with E-state index in [2.05, 4.69) is 45.0 Å². The third-order valence-electron chi connectivity index (χ3n) is 5.61. The second kappa shape index (κ2) is 6.76. The van der Waals surface area contributed by atoms with Gasteiger partial charge in [0.1, 0.15) is 0 Å². The lowest BCUT2D eigenvalue weighted by atomic mass is 10.1. The number of nitrogens with one attached hydrogen (secondary N) is 1. The lowest BCUT2D eigenvalue weighted by Gasteiger charge is -2.38. The highest BCUT2D eigenvalue weighted by molar-refractivity contribution is 5.74. The topological polar surface area (TPSA) is 69.5 Å². The number of fused-ring (bicyclic) bond motifs is 2. The fourth-order valence-corrected chi connectivity index (χ4v) is 3.94. The van der Waals surface area contributed by atoms with E-state index in [-0.39, 0.29) is 11.6 Å². The summed E-state index contributed by atoms with van der Waals surface area (Å²) in [7, 11) is 0. The molecule has 0 aliphatic carbocycles. The van der Waals surface area contributed by atoms with Crippen molar-refractivity contribution in [3.63, 3.8) is 0 Å². The molecule has 0 spiro atoms. The Morgan fingerprint density at radius 2 is 1.93 bits per heavy atom. The summed E-state index contributed by atoms with van der Waals surface area (Å²) in [5, 5.41) is 3.88. The number of nitrogens with zero attached hydrogens (tertiary/aromatic N) is 5. The van der Waals surface area contributed by atoms with Gasteiger partial charge in [-0.15, -0.1) is 0 Å². The van der Waals surface area contributed by atoms with Crippen molar-refractivity contribution in [2.45, 2.75) is 13.0 Å². The smallest absolute Gasteiger partial charge is 0.264 e. The Bertz CT molecular complexity index is 1190. The van der Waals surface area contributed by atoms with E-state index in [9.17, 15) is 4.79 Å².